The second kappa shape index (κ2) is 12.7. The molecule has 0 saturated heterocycles. The van der Waals surface area contributed by atoms with E-state index in [1.807, 2.05) is 65.0 Å². The fourth-order valence-electron chi connectivity index (χ4n) is 3.93. The minimum absolute atomic E-state index is 0.213. The lowest BCUT2D eigenvalue weighted by Gasteiger charge is -2.33. The summed E-state index contributed by atoms with van der Waals surface area (Å²) < 4.78 is 26.5. The normalized spacial score (nSPS) is 12.2. The van der Waals surface area contributed by atoms with Gasteiger partial charge in [-0.2, -0.15) is 0 Å². The highest BCUT2D eigenvalue weighted by molar-refractivity contribution is 7.92. The summed E-state index contributed by atoms with van der Waals surface area (Å²) in [6.45, 7) is 10.1. The number of amides is 2. The Bertz CT molecular complexity index is 1130. The van der Waals surface area contributed by atoms with Gasteiger partial charge in [0.1, 0.15) is 12.6 Å². The van der Waals surface area contributed by atoms with Crippen LogP contribution in [0.2, 0.25) is 0 Å². The zero-order valence-electron chi connectivity index (χ0n) is 21.8. The van der Waals surface area contributed by atoms with Crippen LogP contribution in [-0.4, -0.2) is 50.5 Å². The number of carbonyl (C=O) groups is 2. The van der Waals surface area contributed by atoms with Crippen LogP contribution in [0.5, 0.6) is 0 Å². The molecule has 0 aromatic heterocycles. The van der Waals surface area contributed by atoms with Gasteiger partial charge in [-0.15, -0.1) is 0 Å². The molecule has 35 heavy (non-hydrogen) atoms. The minimum Gasteiger partial charge on any atom is -0.354 e. The number of rotatable bonds is 12. The third-order valence-electron chi connectivity index (χ3n) is 6.11. The van der Waals surface area contributed by atoms with E-state index in [2.05, 4.69) is 5.32 Å². The largest absolute Gasteiger partial charge is 0.354 e. The molecule has 192 valence electrons. The maximum absolute atomic E-state index is 13.7. The standard InChI is InChI=1S/C27H39N3O4S/c1-7-9-15-28-27(32)25(8-2)29(18-23-12-10-11-20(3)16-23)26(31)19-30(35(6,33)34)24-14-13-21(4)22(5)17-24/h10-14,16-17,25H,7-9,15,18-19H2,1-6H3,(H,28,32)/t25-/m1/s1. The summed E-state index contributed by atoms with van der Waals surface area (Å²) in [7, 11) is -3.74. The van der Waals surface area contributed by atoms with E-state index >= 15 is 0 Å². The second-order valence-corrected chi connectivity index (χ2v) is 11.0. The Morgan fingerprint density at radius 2 is 1.71 bits per heavy atom. The van der Waals surface area contributed by atoms with Crippen molar-refractivity contribution in [1.82, 2.24) is 10.2 Å². The molecule has 0 aliphatic heterocycles. The van der Waals surface area contributed by atoms with Crippen LogP contribution < -0.4 is 9.62 Å². The lowest BCUT2D eigenvalue weighted by atomic mass is 10.1. The molecule has 0 spiro atoms. The molecule has 1 N–H and O–H groups in total. The molecule has 0 radical (unpaired) electrons. The summed E-state index contributed by atoms with van der Waals surface area (Å²) in [5.74, 6) is -0.647. The van der Waals surface area contributed by atoms with E-state index in [0.717, 1.165) is 45.7 Å². The topological polar surface area (TPSA) is 86.8 Å². The van der Waals surface area contributed by atoms with Gasteiger partial charge >= 0.3 is 0 Å². The van der Waals surface area contributed by atoms with E-state index in [4.69, 9.17) is 0 Å². The average Bonchev–Trinajstić information content (AvgIpc) is 2.78. The molecular formula is C27H39N3O4S. The van der Waals surface area contributed by atoms with Gasteiger partial charge < -0.3 is 10.2 Å². The van der Waals surface area contributed by atoms with Crippen LogP contribution in [-0.2, 0) is 26.2 Å². The van der Waals surface area contributed by atoms with E-state index in [0.29, 0.717) is 18.7 Å². The van der Waals surface area contributed by atoms with Crippen molar-refractivity contribution in [3.05, 3.63) is 64.7 Å². The average molecular weight is 502 g/mol. The van der Waals surface area contributed by atoms with E-state index in [-0.39, 0.29) is 19.0 Å². The van der Waals surface area contributed by atoms with Crippen LogP contribution in [0.3, 0.4) is 0 Å². The first-order valence-electron chi connectivity index (χ1n) is 12.2. The molecule has 0 unspecified atom stereocenters. The number of anilines is 1. The molecule has 2 amide bonds. The molecule has 0 bridgehead atoms. The van der Waals surface area contributed by atoms with Crippen LogP contribution in [0.15, 0.2) is 42.5 Å². The van der Waals surface area contributed by atoms with Gasteiger partial charge in [-0.1, -0.05) is 56.2 Å². The van der Waals surface area contributed by atoms with Crippen molar-refractivity contribution in [3.63, 3.8) is 0 Å². The molecule has 0 saturated carbocycles. The fraction of sp³-hybridized carbons (Fsp3) is 0.481. The maximum Gasteiger partial charge on any atom is 0.244 e. The Morgan fingerprint density at radius 3 is 2.29 bits per heavy atom. The monoisotopic (exact) mass is 501 g/mol. The van der Waals surface area contributed by atoms with Crippen LogP contribution in [0, 0.1) is 20.8 Å². The van der Waals surface area contributed by atoms with Gasteiger partial charge in [0.05, 0.1) is 11.9 Å². The van der Waals surface area contributed by atoms with Gasteiger partial charge in [-0.05, 0) is 62.4 Å². The molecule has 2 rings (SSSR count). The van der Waals surface area contributed by atoms with Crippen molar-refractivity contribution in [2.75, 3.05) is 23.7 Å². The summed E-state index contributed by atoms with van der Waals surface area (Å²) in [6.07, 6.45) is 3.30. The summed E-state index contributed by atoms with van der Waals surface area (Å²) >= 11 is 0. The van der Waals surface area contributed by atoms with E-state index < -0.39 is 22.0 Å². The Hall–Kier alpha value is -2.87. The van der Waals surface area contributed by atoms with E-state index in [9.17, 15) is 18.0 Å². The number of carbonyl (C=O) groups excluding carboxylic acids is 2. The van der Waals surface area contributed by atoms with Crippen molar-refractivity contribution in [2.24, 2.45) is 0 Å². The minimum atomic E-state index is -3.74. The zero-order chi connectivity index (χ0) is 26.2. The van der Waals surface area contributed by atoms with Gasteiger partial charge in [0, 0.05) is 13.1 Å². The zero-order valence-corrected chi connectivity index (χ0v) is 22.6. The first-order chi connectivity index (χ1) is 16.5. The second-order valence-electron chi connectivity index (χ2n) is 9.12. The lowest BCUT2D eigenvalue weighted by molar-refractivity contribution is -0.140. The fourth-order valence-corrected chi connectivity index (χ4v) is 4.77. The number of unbranched alkanes of at least 4 members (excludes halogenated alkanes) is 1. The summed E-state index contributed by atoms with van der Waals surface area (Å²) in [4.78, 5) is 28.2. The molecule has 0 aliphatic carbocycles. The number of benzene rings is 2. The number of hydrogen-bond donors (Lipinski definition) is 1. The molecule has 0 fully saturated rings. The number of aryl methyl sites for hydroxylation is 3. The lowest BCUT2D eigenvalue weighted by Crippen LogP contribution is -2.52. The molecule has 2 aromatic carbocycles. The quantitative estimate of drug-likeness (QED) is 0.444. The van der Waals surface area contributed by atoms with Gasteiger partial charge in [0.2, 0.25) is 21.8 Å². The molecule has 0 heterocycles. The highest BCUT2D eigenvalue weighted by atomic mass is 32.2. The third-order valence-corrected chi connectivity index (χ3v) is 7.25. The van der Waals surface area contributed by atoms with Gasteiger partial charge in [-0.3, -0.25) is 13.9 Å². The van der Waals surface area contributed by atoms with Crippen molar-refractivity contribution in [1.29, 1.82) is 0 Å². The van der Waals surface area contributed by atoms with Crippen molar-refractivity contribution in [2.45, 2.75) is 66.5 Å². The molecule has 2 aromatic rings. The van der Waals surface area contributed by atoms with Crippen LogP contribution in [0.4, 0.5) is 5.69 Å². The van der Waals surface area contributed by atoms with Crippen LogP contribution >= 0.6 is 0 Å². The Balaban J connectivity index is 2.42. The van der Waals surface area contributed by atoms with Crippen LogP contribution in [0.1, 0.15) is 55.4 Å². The van der Waals surface area contributed by atoms with Gasteiger partial charge in [0.15, 0.2) is 0 Å². The Labute approximate surface area is 210 Å². The maximum atomic E-state index is 13.7. The summed E-state index contributed by atoms with van der Waals surface area (Å²) in [6, 6.07) is 12.4. The van der Waals surface area contributed by atoms with Crippen molar-refractivity contribution < 1.29 is 18.0 Å². The highest BCUT2D eigenvalue weighted by Gasteiger charge is 2.31. The van der Waals surface area contributed by atoms with Crippen LogP contribution in [0.25, 0.3) is 0 Å². The number of nitrogens with zero attached hydrogens (tertiary/aromatic N) is 2. The summed E-state index contributed by atoms with van der Waals surface area (Å²) in [5.41, 5.74) is 4.32. The molecule has 1 atom stereocenters. The summed E-state index contributed by atoms with van der Waals surface area (Å²) in [5, 5.41) is 2.93. The molecule has 8 heteroatoms. The Kier molecular flexibility index (Phi) is 10.3. The number of nitrogens with one attached hydrogen (secondary N) is 1. The predicted molar refractivity (Wildman–Crippen MR) is 142 cm³/mol. The third kappa shape index (κ3) is 8.09. The number of sulfonamides is 1. The van der Waals surface area contributed by atoms with E-state index in [1.54, 1.807) is 12.1 Å². The predicted octanol–water partition coefficient (Wildman–Crippen LogP) is 4.10. The SMILES string of the molecule is CCCCNC(=O)[C@@H](CC)N(Cc1cccc(C)c1)C(=O)CN(c1ccc(C)c(C)c1)S(C)(=O)=O. The molecule has 0 aliphatic rings. The highest BCUT2D eigenvalue weighted by Crippen LogP contribution is 2.22. The molecular weight excluding hydrogens is 462 g/mol. The molecule has 7 nitrogen and oxygen atoms in total. The number of hydrogen-bond acceptors (Lipinski definition) is 4. The smallest absolute Gasteiger partial charge is 0.244 e. The Morgan fingerprint density at radius 1 is 1.00 bits per heavy atom. The van der Waals surface area contributed by atoms with Crippen molar-refractivity contribution in [3.8, 4) is 0 Å². The van der Waals surface area contributed by atoms with E-state index in [1.165, 1.54) is 4.90 Å². The van der Waals surface area contributed by atoms with Crippen molar-refractivity contribution >= 4 is 27.5 Å². The van der Waals surface area contributed by atoms with Gasteiger partial charge in [-0.25, -0.2) is 8.42 Å². The first-order valence-corrected chi connectivity index (χ1v) is 14.0. The first kappa shape index (κ1) is 28.4. The van der Waals surface area contributed by atoms with Gasteiger partial charge in [0.25, 0.3) is 0 Å².